The lowest BCUT2D eigenvalue weighted by atomic mass is 10.1. The van der Waals surface area contributed by atoms with Crippen molar-refractivity contribution in [2.24, 2.45) is 0 Å². The van der Waals surface area contributed by atoms with Crippen molar-refractivity contribution in [1.82, 2.24) is 9.38 Å². The number of nitrogens with zero attached hydrogens (tertiary/aromatic N) is 2. The number of hydrogen-bond acceptors (Lipinski definition) is 2. The molecule has 0 atom stereocenters. The highest BCUT2D eigenvalue weighted by atomic mass is 35.5. The van der Waals surface area contributed by atoms with Gasteiger partial charge in [0.1, 0.15) is 17.2 Å². The highest BCUT2D eigenvalue weighted by Gasteiger charge is 2.13. The van der Waals surface area contributed by atoms with Crippen LogP contribution in [0.5, 0.6) is 0 Å². The topological polar surface area (TPSA) is 34.4 Å². The zero-order valence-electron chi connectivity index (χ0n) is 9.68. The summed E-state index contributed by atoms with van der Waals surface area (Å²) in [6, 6.07) is 8.81. The quantitative estimate of drug-likeness (QED) is 0.672. The van der Waals surface area contributed by atoms with Crippen molar-refractivity contribution >= 4 is 23.0 Å². The van der Waals surface area contributed by atoms with E-state index in [2.05, 4.69) is 4.98 Å². The summed E-state index contributed by atoms with van der Waals surface area (Å²) in [5.41, 5.74) is 1.33. The minimum Gasteiger partial charge on any atom is -0.305 e. The van der Waals surface area contributed by atoms with Gasteiger partial charge in [-0.3, -0.25) is 4.79 Å². The van der Waals surface area contributed by atoms with Crippen LogP contribution >= 0.6 is 11.6 Å². The Labute approximate surface area is 113 Å². The van der Waals surface area contributed by atoms with Crippen molar-refractivity contribution < 1.29 is 9.18 Å². The molecule has 0 saturated heterocycles. The molecule has 5 heteroatoms. The highest BCUT2D eigenvalue weighted by Crippen LogP contribution is 2.14. The molecule has 0 spiro atoms. The van der Waals surface area contributed by atoms with Crippen molar-refractivity contribution in [1.29, 1.82) is 0 Å². The number of pyridine rings is 1. The summed E-state index contributed by atoms with van der Waals surface area (Å²) >= 11 is 5.87. The van der Waals surface area contributed by atoms with Crippen LogP contribution in [0.15, 0.2) is 48.8 Å². The van der Waals surface area contributed by atoms with Gasteiger partial charge in [-0.15, -0.1) is 0 Å². The summed E-state index contributed by atoms with van der Waals surface area (Å²) in [6.07, 6.45) is 3.28. The number of ketones is 1. The third kappa shape index (κ3) is 2.22. The largest absolute Gasteiger partial charge is 0.305 e. The van der Waals surface area contributed by atoms with Crippen LogP contribution in [0.4, 0.5) is 4.39 Å². The first kappa shape index (κ1) is 11.9. The third-order valence-corrected chi connectivity index (χ3v) is 2.98. The van der Waals surface area contributed by atoms with Gasteiger partial charge in [0, 0.05) is 18.0 Å². The number of carbonyl (C=O) groups excluding carboxylic acids is 1. The van der Waals surface area contributed by atoms with Crippen molar-refractivity contribution in [3.8, 4) is 0 Å². The third-order valence-electron chi connectivity index (χ3n) is 2.75. The number of aromatic nitrogens is 2. The van der Waals surface area contributed by atoms with Crippen LogP contribution < -0.4 is 0 Å². The molecule has 3 rings (SSSR count). The number of imidazole rings is 1. The smallest absolute Gasteiger partial charge is 0.212 e. The van der Waals surface area contributed by atoms with Gasteiger partial charge in [-0.25, -0.2) is 9.37 Å². The van der Waals surface area contributed by atoms with Crippen LogP contribution in [0.3, 0.4) is 0 Å². The second kappa shape index (κ2) is 4.48. The molecule has 3 aromatic rings. The predicted octanol–water partition coefficient (Wildman–Crippen LogP) is 3.36. The van der Waals surface area contributed by atoms with Crippen LogP contribution in [0.2, 0.25) is 5.02 Å². The van der Waals surface area contributed by atoms with Gasteiger partial charge in [0.05, 0.1) is 5.02 Å². The molecular weight excluding hydrogens is 267 g/mol. The normalized spacial score (nSPS) is 10.8. The van der Waals surface area contributed by atoms with Crippen LogP contribution in [0.1, 0.15) is 16.1 Å². The van der Waals surface area contributed by atoms with Crippen LogP contribution in [0.25, 0.3) is 5.65 Å². The molecule has 0 bridgehead atoms. The van der Waals surface area contributed by atoms with Crippen LogP contribution in [0, 0.1) is 5.82 Å². The molecule has 0 aliphatic rings. The molecule has 2 aromatic heterocycles. The molecule has 19 heavy (non-hydrogen) atoms. The maximum atomic E-state index is 12.8. The Kier molecular flexibility index (Phi) is 2.80. The lowest BCUT2D eigenvalue weighted by molar-refractivity contribution is 0.103. The van der Waals surface area contributed by atoms with Crippen molar-refractivity contribution in [3.63, 3.8) is 0 Å². The first-order valence-electron chi connectivity index (χ1n) is 5.58. The van der Waals surface area contributed by atoms with E-state index in [4.69, 9.17) is 11.6 Å². The Morgan fingerprint density at radius 3 is 2.58 bits per heavy atom. The molecule has 0 aliphatic carbocycles. The molecule has 0 aliphatic heterocycles. The minimum atomic E-state index is -0.377. The average molecular weight is 275 g/mol. The van der Waals surface area contributed by atoms with Crippen molar-refractivity contribution in [3.05, 3.63) is 70.9 Å². The molecule has 3 nitrogen and oxygen atoms in total. The molecule has 94 valence electrons. The lowest BCUT2D eigenvalue weighted by Gasteiger charge is -1.96. The van der Waals surface area contributed by atoms with Gasteiger partial charge in [-0.1, -0.05) is 11.6 Å². The summed E-state index contributed by atoms with van der Waals surface area (Å²) in [7, 11) is 0. The molecular formula is C14H8ClFN2O. The van der Waals surface area contributed by atoms with Gasteiger partial charge in [-0.05, 0) is 36.4 Å². The Morgan fingerprint density at radius 1 is 1.11 bits per heavy atom. The van der Waals surface area contributed by atoms with E-state index in [1.165, 1.54) is 24.3 Å². The van der Waals surface area contributed by atoms with Gasteiger partial charge in [0.2, 0.25) is 5.78 Å². The van der Waals surface area contributed by atoms with E-state index in [-0.39, 0.29) is 11.6 Å². The van der Waals surface area contributed by atoms with Gasteiger partial charge in [0.25, 0.3) is 0 Å². The molecule has 0 radical (unpaired) electrons. The van der Waals surface area contributed by atoms with Crippen molar-refractivity contribution in [2.75, 3.05) is 0 Å². The molecule has 0 saturated carbocycles. The number of hydrogen-bond donors (Lipinski definition) is 0. The number of carbonyl (C=O) groups is 1. The molecule has 1 aromatic carbocycles. The summed E-state index contributed by atoms with van der Waals surface area (Å²) in [6.45, 7) is 0. The maximum Gasteiger partial charge on any atom is 0.212 e. The Bertz CT molecular complexity index is 765. The first-order valence-corrected chi connectivity index (χ1v) is 5.96. The number of benzene rings is 1. The Hall–Kier alpha value is -2.20. The van der Waals surface area contributed by atoms with Crippen molar-refractivity contribution in [2.45, 2.75) is 0 Å². The van der Waals surface area contributed by atoms with Crippen LogP contribution in [-0.4, -0.2) is 15.2 Å². The summed E-state index contributed by atoms with van der Waals surface area (Å²) in [5, 5.41) is 0.561. The van der Waals surface area contributed by atoms with E-state index in [1.54, 1.807) is 28.9 Å². The number of halogens is 2. The zero-order chi connectivity index (χ0) is 13.4. The molecule has 0 unspecified atom stereocenters. The SMILES string of the molecule is O=C(c1ccc(F)cc1)c1cn2cc(Cl)ccc2n1. The predicted molar refractivity (Wildman–Crippen MR) is 70.0 cm³/mol. The monoisotopic (exact) mass is 274 g/mol. The molecule has 2 heterocycles. The maximum absolute atomic E-state index is 12.8. The zero-order valence-corrected chi connectivity index (χ0v) is 10.4. The van der Waals surface area contributed by atoms with Gasteiger partial charge in [0.15, 0.2) is 0 Å². The molecule has 0 amide bonds. The number of rotatable bonds is 2. The average Bonchev–Trinajstić information content (AvgIpc) is 2.81. The highest BCUT2D eigenvalue weighted by molar-refractivity contribution is 6.30. The van der Waals surface area contributed by atoms with Gasteiger partial charge >= 0.3 is 0 Å². The molecule has 0 fully saturated rings. The van der Waals surface area contributed by atoms with Crippen LogP contribution in [-0.2, 0) is 0 Å². The summed E-state index contributed by atoms with van der Waals surface area (Å²) < 4.78 is 14.5. The van der Waals surface area contributed by atoms with E-state index in [0.717, 1.165) is 0 Å². The van der Waals surface area contributed by atoms with E-state index in [0.29, 0.717) is 21.9 Å². The van der Waals surface area contributed by atoms with E-state index >= 15 is 0 Å². The van der Waals surface area contributed by atoms with E-state index < -0.39 is 0 Å². The molecule has 0 N–H and O–H groups in total. The fraction of sp³-hybridized carbons (Fsp3) is 0. The Morgan fingerprint density at radius 2 is 1.84 bits per heavy atom. The number of fused-ring (bicyclic) bond motifs is 1. The standard InChI is InChI=1S/C14H8ClFN2O/c15-10-3-6-13-17-12(8-18(13)7-10)14(19)9-1-4-11(16)5-2-9/h1-8H. The Balaban J connectivity index is 2.04. The summed E-state index contributed by atoms with van der Waals surface area (Å²) in [4.78, 5) is 16.4. The first-order chi connectivity index (χ1) is 9.13. The van der Waals surface area contributed by atoms with E-state index in [9.17, 15) is 9.18 Å². The fourth-order valence-electron chi connectivity index (χ4n) is 1.82. The minimum absolute atomic E-state index is 0.250. The van der Waals surface area contributed by atoms with Gasteiger partial charge < -0.3 is 4.40 Å². The lowest BCUT2D eigenvalue weighted by Crippen LogP contribution is -2.01. The fourth-order valence-corrected chi connectivity index (χ4v) is 1.99. The van der Waals surface area contributed by atoms with Gasteiger partial charge in [-0.2, -0.15) is 0 Å². The summed E-state index contributed by atoms with van der Waals surface area (Å²) in [5.74, 6) is -0.627. The van der Waals surface area contributed by atoms with E-state index in [1.807, 2.05) is 0 Å². The second-order valence-corrected chi connectivity index (χ2v) is 4.51. The second-order valence-electron chi connectivity index (χ2n) is 4.07.